The molecule has 0 saturated carbocycles. The van der Waals surface area contributed by atoms with E-state index in [1.807, 2.05) is 67.2 Å². The van der Waals surface area contributed by atoms with Gasteiger partial charge in [0.1, 0.15) is 17.3 Å². The average molecular weight is 595 g/mol. The predicted molar refractivity (Wildman–Crippen MR) is 175 cm³/mol. The Morgan fingerprint density at radius 3 is 2.79 bits per heavy atom. The first-order valence-corrected chi connectivity index (χ1v) is 15.0. The molecule has 0 atom stereocenters. The number of nitrogens with zero attached hydrogens (tertiary/aromatic N) is 4. The molecule has 43 heavy (non-hydrogen) atoms. The number of hydrogen-bond donors (Lipinski definition) is 2. The van der Waals surface area contributed by atoms with E-state index < -0.39 is 0 Å². The van der Waals surface area contributed by atoms with E-state index in [9.17, 15) is 9.59 Å². The van der Waals surface area contributed by atoms with Gasteiger partial charge in [-0.05, 0) is 35.2 Å². The number of likely N-dealkylation sites (N-methyl/N-ethyl adjacent to an activating group) is 1. The third kappa shape index (κ3) is 5.59. The minimum atomic E-state index is -0.214. The number of anilines is 2. The number of thiophene rings is 1. The summed E-state index contributed by atoms with van der Waals surface area (Å²) >= 11 is 1.62. The summed E-state index contributed by atoms with van der Waals surface area (Å²) < 4.78 is 8.64. The van der Waals surface area contributed by atoms with E-state index in [0.29, 0.717) is 29.4 Å². The van der Waals surface area contributed by atoms with E-state index in [1.54, 1.807) is 29.5 Å². The van der Waals surface area contributed by atoms with Crippen molar-refractivity contribution in [3.05, 3.63) is 77.4 Å². The molecule has 2 aromatic carbocycles. The van der Waals surface area contributed by atoms with Crippen LogP contribution in [0, 0.1) is 0 Å². The summed E-state index contributed by atoms with van der Waals surface area (Å²) in [7, 11) is 5.34. The molecule has 1 fully saturated rings. The smallest absolute Gasteiger partial charge is 0.272 e. The highest BCUT2D eigenvalue weighted by Gasteiger charge is 2.19. The standard InChI is InChI=1S/C33H34N6O3S/c1-37-15-16-39(14-12-29(37)40)13-6-8-23-19-35-32(34)30-24(20-43-31(23)30)21-10-11-25(28(18-21)42-3)36-33(41)27-17-22-7-4-5-9-26(22)38(27)2/h4-11,17-20H,12-16H2,1-3H3,(H2,34,35)(H,36,41). The zero-order chi connectivity index (χ0) is 30.1. The van der Waals surface area contributed by atoms with E-state index in [-0.39, 0.29) is 11.8 Å². The van der Waals surface area contributed by atoms with Gasteiger partial charge in [-0.2, -0.15) is 0 Å². The maximum atomic E-state index is 13.2. The summed E-state index contributed by atoms with van der Waals surface area (Å²) in [5.74, 6) is 0.992. The van der Waals surface area contributed by atoms with E-state index in [4.69, 9.17) is 10.5 Å². The van der Waals surface area contributed by atoms with Gasteiger partial charge < -0.3 is 25.3 Å². The number of para-hydroxylation sites is 1. The highest BCUT2D eigenvalue weighted by Crippen LogP contribution is 2.41. The van der Waals surface area contributed by atoms with Crippen molar-refractivity contribution in [2.45, 2.75) is 6.42 Å². The fourth-order valence-corrected chi connectivity index (χ4v) is 6.64. The van der Waals surface area contributed by atoms with Crippen molar-refractivity contribution in [2.24, 2.45) is 7.05 Å². The molecular formula is C33H34N6O3S. The zero-order valence-electron chi connectivity index (χ0n) is 24.5. The van der Waals surface area contributed by atoms with Gasteiger partial charge in [-0.1, -0.05) is 36.4 Å². The SMILES string of the molecule is COc1cc(-c2csc3c(C=CCN4CCC(=O)N(C)CC4)cnc(N)c23)ccc1NC(=O)c1cc2ccccc2n1C. The topological polar surface area (TPSA) is 106 Å². The number of ether oxygens (including phenoxy) is 1. The molecule has 1 saturated heterocycles. The van der Waals surface area contributed by atoms with Gasteiger partial charge >= 0.3 is 0 Å². The largest absolute Gasteiger partial charge is 0.495 e. The summed E-state index contributed by atoms with van der Waals surface area (Å²) in [5, 5.41) is 7.00. The molecule has 220 valence electrons. The Labute approximate surface area is 254 Å². The number of nitrogen functional groups attached to an aromatic ring is 1. The molecule has 0 unspecified atom stereocenters. The van der Waals surface area contributed by atoms with Crippen LogP contribution in [0.25, 0.3) is 38.2 Å². The Hall–Kier alpha value is -4.67. The summed E-state index contributed by atoms with van der Waals surface area (Å²) in [4.78, 5) is 33.8. The zero-order valence-corrected chi connectivity index (χ0v) is 25.3. The molecule has 10 heteroatoms. The number of aromatic nitrogens is 2. The molecule has 0 radical (unpaired) electrons. The quantitative estimate of drug-likeness (QED) is 0.259. The lowest BCUT2D eigenvalue weighted by Gasteiger charge is -2.17. The van der Waals surface area contributed by atoms with Crippen LogP contribution in [0.4, 0.5) is 11.5 Å². The fraction of sp³-hybridized carbons (Fsp3) is 0.242. The van der Waals surface area contributed by atoms with Gasteiger partial charge in [-0.25, -0.2) is 4.98 Å². The fourth-order valence-electron chi connectivity index (χ4n) is 5.56. The summed E-state index contributed by atoms with van der Waals surface area (Å²) in [6.07, 6.45) is 6.55. The number of nitrogens with two attached hydrogens (primary N) is 1. The highest BCUT2D eigenvalue weighted by atomic mass is 32.1. The number of amides is 2. The Morgan fingerprint density at radius 1 is 1.14 bits per heavy atom. The first-order valence-electron chi connectivity index (χ1n) is 14.2. The second-order valence-corrected chi connectivity index (χ2v) is 11.6. The molecule has 2 amide bonds. The van der Waals surface area contributed by atoms with Gasteiger partial charge in [0.25, 0.3) is 5.91 Å². The Kier molecular flexibility index (Phi) is 7.88. The summed E-state index contributed by atoms with van der Waals surface area (Å²) in [5.41, 5.74) is 11.4. The first-order chi connectivity index (χ1) is 20.8. The van der Waals surface area contributed by atoms with Gasteiger partial charge in [-0.15, -0.1) is 11.3 Å². The third-order valence-corrected chi connectivity index (χ3v) is 9.11. The van der Waals surface area contributed by atoms with Gasteiger partial charge in [-0.3, -0.25) is 14.5 Å². The highest BCUT2D eigenvalue weighted by molar-refractivity contribution is 7.18. The predicted octanol–water partition coefficient (Wildman–Crippen LogP) is 5.48. The molecule has 1 aliphatic heterocycles. The molecule has 6 rings (SSSR count). The van der Waals surface area contributed by atoms with Crippen LogP contribution in [0.5, 0.6) is 5.75 Å². The van der Waals surface area contributed by atoms with Crippen molar-refractivity contribution in [3.8, 4) is 16.9 Å². The molecule has 3 aromatic heterocycles. The van der Waals surface area contributed by atoms with E-state index in [2.05, 4.69) is 32.7 Å². The van der Waals surface area contributed by atoms with Crippen molar-refractivity contribution < 1.29 is 14.3 Å². The van der Waals surface area contributed by atoms with Crippen molar-refractivity contribution in [1.29, 1.82) is 0 Å². The maximum Gasteiger partial charge on any atom is 0.272 e. The first kappa shape index (κ1) is 28.4. The number of carbonyl (C=O) groups is 2. The van der Waals surface area contributed by atoms with Crippen molar-refractivity contribution in [1.82, 2.24) is 19.4 Å². The van der Waals surface area contributed by atoms with E-state index in [1.165, 1.54) is 0 Å². The Balaban J connectivity index is 1.24. The molecule has 9 nitrogen and oxygen atoms in total. The van der Waals surface area contributed by atoms with Gasteiger partial charge in [0.05, 0.1) is 12.8 Å². The Morgan fingerprint density at radius 2 is 1.98 bits per heavy atom. The van der Waals surface area contributed by atoms with Crippen molar-refractivity contribution in [2.75, 3.05) is 51.4 Å². The second-order valence-electron chi connectivity index (χ2n) is 10.7. The number of nitrogens with one attached hydrogen (secondary N) is 1. The summed E-state index contributed by atoms with van der Waals surface area (Å²) in [6.45, 7) is 3.11. The lowest BCUT2D eigenvalue weighted by molar-refractivity contribution is -0.129. The number of carbonyl (C=O) groups excluding carboxylic acids is 2. The van der Waals surface area contributed by atoms with Crippen molar-refractivity contribution in [3.63, 3.8) is 0 Å². The van der Waals surface area contributed by atoms with Crippen LogP contribution < -0.4 is 15.8 Å². The molecular weight excluding hydrogens is 560 g/mol. The molecule has 4 heterocycles. The van der Waals surface area contributed by atoms with Gasteiger partial charge in [0.15, 0.2) is 0 Å². The maximum absolute atomic E-state index is 13.2. The monoisotopic (exact) mass is 594 g/mol. The number of fused-ring (bicyclic) bond motifs is 2. The van der Waals surface area contributed by atoms with Crippen LogP contribution in [0.3, 0.4) is 0 Å². The van der Waals surface area contributed by atoms with E-state index in [0.717, 1.165) is 63.9 Å². The van der Waals surface area contributed by atoms with Crippen LogP contribution >= 0.6 is 11.3 Å². The normalized spacial score (nSPS) is 14.6. The number of rotatable bonds is 7. The average Bonchev–Trinajstić information content (AvgIpc) is 3.57. The minimum Gasteiger partial charge on any atom is -0.495 e. The van der Waals surface area contributed by atoms with Gasteiger partial charge in [0.2, 0.25) is 5.91 Å². The molecule has 1 aliphatic rings. The number of pyridine rings is 1. The number of methoxy groups -OCH3 is 1. The van der Waals surface area contributed by atoms with Crippen molar-refractivity contribution >= 4 is 61.7 Å². The number of hydrogen-bond acceptors (Lipinski definition) is 7. The lowest BCUT2D eigenvalue weighted by atomic mass is 10.0. The van der Waals surface area contributed by atoms with E-state index >= 15 is 0 Å². The Bertz CT molecular complexity index is 1870. The summed E-state index contributed by atoms with van der Waals surface area (Å²) in [6, 6.07) is 15.5. The molecule has 0 spiro atoms. The molecule has 0 aliphatic carbocycles. The molecule has 5 aromatic rings. The van der Waals surface area contributed by atoms with Gasteiger partial charge in [0, 0.05) is 85.0 Å². The second kappa shape index (κ2) is 11.9. The molecule has 3 N–H and O–H groups in total. The van der Waals surface area contributed by atoms with Crippen LogP contribution in [0.1, 0.15) is 22.5 Å². The third-order valence-electron chi connectivity index (χ3n) is 8.08. The van der Waals surface area contributed by atoms with Crippen LogP contribution in [-0.4, -0.2) is 71.5 Å². The lowest BCUT2D eigenvalue weighted by Crippen LogP contribution is -2.30. The van der Waals surface area contributed by atoms with Crippen LogP contribution in [0.2, 0.25) is 0 Å². The van der Waals surface area contributed by atoms with Crippen LogP contribution in [-0.2, 0) is 11.8 Å². The number of aryl methyl sites for hydroxylation is 1. The molecule has 0 bridgehead atoms. The van der Waals surface area contributed by atoms with Crippen LogP contribution in [0.15, 0.2) is 66.2 Å². The number of benzene rings is 2. The minimum absolute atomic E-state index is 0.193.